The molecule has 6 nitrogen and oxygen atoms in total. The van der Waals surface area contributed by atoms with Crippen molar-refractivity contribution in [1.29, 1.82) is 0 Å². The highest BCUT2D eigenvalue weighted by Gasteiger charge is 2.39. The number of ether oxygens (including phenoxy) is 1. The van der Waals surface area contributed by atoms with E-state index in [0.29, 0.717) is 5.69 Å². The van der Waals surface area contributed by atoms with Gasteiger partial charge >= 0.3 is 6.09 Å². The summed E-state index contributed by atoms with van der Waals surface area (Å²) in [6.07, 6.45) is -1.39. The first-order chi connectivity index (χ1) is 10.6. The van der Waals surface area contributed by atoms with Crippen LogP contribution in [0.25, 0.3) is 0 Å². The molecule has 23 heavy (non-hydrogen) atoms. The molecule has 0 spiro atoms. The van der Waals surface area contributed by atoms with Crippen molar-refractivity contribution in [2.24, 2.45) is 0 Å². The molecule has 0 bridgehead atoms. The van der Waals surface area contributed by atoms with E-state index in [1.807, 2.05) is 18.2 Å². The van der Waals surface area contributed by atoms with Gasteiger partial charge in [0.2, 0.25) is 5.91 Å². The number of amides is 2. The minimum atomic E-state index is -0.883. The highest BCUT2D eigenvalue weighted by atomic mass is 16.6. The zero-order valence-corrected chi connectivity index (χ0v) is 14.2. The Morgan fingerprint density at radius 2 is 1.91 bits per heavy atom. The average Bonchev–Trinajstić information content (AvgIpc) is 2.43. The number of carbonyl (C=O) groups excluding carboxylic acids is 2. The lowest BCUT2D eigenvalue weighted by atomic mass is 9.93. The van der Waals surface area contributed by atoms with Gasteiger partial charge < -0.3 is 14.7 Å². The summed E-state index contributed by atoms with van der Waals surface area (Å²) >= 11 is 0. The van der Waals surface area contributed by atoms with Gasteiger partial charge in [0.25, 0.3) is 0 Å². The SMILES string of the molecule is CC(=O)N(C)[C@@H]1c2ccccc2N(C(=O)OC(C)(C)C)C[C@H]1O. The van der Waals surface area contributed by atoms with Crippen LogP contribution >= 0.6 is 0 Å². The lowest BCUT2D eigenvalue weighted by molar-refractivity contribution is -0.132. The van der Waals surface area contributed by atoms with Crippen LogP contribution in [0, 0.1) is 0 Å². The normalized spacial score (nSPS) is 20.7. The fourth-order valence-electron chi connectivity index (χ4n) is 2.73. The van der Waals surface area contributed by atoms with Crippen molar-refractivity contribution < 1.29 is 19.4 Å². The molecule has 1 aliphatic rings. The first-order valence-electron chi connectivity index (χ1n) is 7.62. The number of anilines is 1. The smallest absolute Gasteiger partial charge is 0.414 e. The van der Waals surface area contributed by atoms with Gasteiger partial charge in [-0.3, -0.25) is 9.69 Å². The Balaban J connectivity index is 2.41. The van der Waals surface area contributed by atoms with Gasteiger partial charge in [0, 0.05) is 19.5 Å². The number of carbonyl (C=O) groups is 2. The van der Waals surface area contributed by atoms with Gasteiger partial charge in [0.15, 0.2) is 0 Å². The molecule has 1 aromatic rings. The van der Waals surface area contributed by atoms with Crippen LogP contribution in [0.5, 0.6) is 0 Å². The third-order valence-electron chi connectivity index (χ3n) is 3.81. The molecule has 0 aromatic heterocycles. The molecule has 126 valence electrons. The average molecular weight is 320 g/mol. The number of aliphatic hydroxyl groups excluding tert-OH is 1. The molecule has 1 aliphatic heterocycles. The molecule has 0 saturated carbocycles. The van der Waals surface area contributed by atoms with E-state index >= 15 is 0 Å². The largest absolute Gasteiger partial charge is 0.443 e. The third-order valence-corrected chi connectivity index (χ3v) is 3.81. The maximum Gasteiger partial charge on any atom is 0.414 e. The predicted molar refractivity (Wildman–Crippen MR) is 87.2 cm³/mol. The Labute approximate surface area is 136 Å². The molecule has 1 heterocycles. The maximum atomic E-state index is 12.4. The lowest BCUT2D eigenvalue weighted by Gasteiger charge is -2.41. The van der Waals surface area contributed by atoms with E-state index in [9.17, 15) is 14.7 Å². The highest BCUT2D eigenvalue weighted by Crippen LogP contribution is 2.37. The summed E-state index contributed by atoms with van der Waals surface area (Å²) < 4.78 is 5.42. The number of β-amino-alcohol motifs (C(OH)–C–C–N with tert-alkyl or cyclic N) is 1. The van der Waals surface area contributed by atoms with Crippen LogP contribution in [0.15, 0.2) is 24.3 Å². The Bertz CT molecular complexity index is 609. The monoisotopic (exact) mass is 320 g/mol. The molecule has 1 aromatic carbocycles. The molecular formula is C17H24N2O4. The third kappa shape index (κ3) is 3.64. The van der Waals surface area contributed by atoms with E-state index in [-0.39, 0.29) is 12.5 Å². The minimum absolute atomic E-state index is 0.0776. The van der Waals surface area contributed by atoms with Crippen molar-refractivity contribution in [3.63, 3.8) is 0 Å². The number of para-hydroxylation sites is 1. The molecule has 2 atom stereocenters. The second kappa shape index (κ2) is 6.20. The number of aliphatic hydroxyl groups is 1. The van der Waals surface area contributed by atoms with E-state index < -0.39 is 23.8 Å². The summed E-state index contributed by atoms with van der Waals surface area (Å²) in [4.78, 5) is 27.1. The van der Waals surface area contributed by atoms with Crippen molar-refractivity contribution in [2.75, 3.05) is 18.5 Å². The van der Waals surface area contributed by atoms with Gasteiger partial charge in [-0.05, 0) is 26.8 Å². The molecule has 2 amide bonds. The second-order valence-corrected chi connectivity index (χ2v) is 6.79. The predicted octanol–water partition coefficient (Wildman–Crippen LogP) is 2.32. The number of fused-ring (bicyclic) bond motifs is 1. The highest BCUT2D eigenvalue weighted by molar-refractivity contribution is 5.90. The molecule has 0 aliphatic carbocycles. The van der Waals surface area contributed by atoms with Gasteiger partial charge in [0.05, 0.1) is 24.4 Å². The van der Waals surface area contributed by atoms with Crippen LogP contribution in [-0.2, 0) is 9.53 Å². The number of hydrogen-bond donors (Lipinski definition) is 1. The summed E-state index contributed by atoms with van der Waals surface area (Å²) in [6.45, 7) is 6.92. The molecule has 6 heteroatoms. The van der Waals surface area contributed by atoms with Gasteiger partial charge in [0.1, 0.15) is 5.60 Å². The second-order valence-electron chi connectivity index (χ2n) is 6.79. The molecular weight excluding hydrogens is 296 g/mol. The Kier molecular flexibility index (Phi) is 4.66. The number of rotatable bonds is 1. The first-order valence-corrected chi connectivity index (χ1v) is 7.62. The van der Waals surface area contributed by atoms with E-state index in [1.165, 1.54) is 16.7 Å². The number of likely N-dealkylation sites (N-methyl/N-ethyl adjacent to an activating group) is 1. The molecule has 0 unspecified atom stereocenters. The van der Waals surface area contributed by atoms with Crippen LogP contribution in [-0.4, -0.2) is 47.3 Å². The van der Waals surface area contributed by atoms with Crippen LogP contribution in [0.3, 0.4) is 0 Å². The molecule has 0 fully saturated rings. The van der Waals surface area contributed by atoms with Crippen molar-refractivity contribution in [3.05, 3.63) is 29.8 Å². The summed E-state index contributed by atoms with van der Waals surface area (Å²) in [5.74, 6) is -0.144. The zero-order chi connectivity index (χ0) is 17.4. The summed E-state index contributed by atoms with van der Waals surface area (Å²) in [5, 5.41) is 10.5. The number of hydrogen-bond acceptors (Lipinski definition) is 4. The van der Waals surface area contributed by atoms with Gasteiger partial charge in [-0.1, -0.05) is 18.2 Å². The van der Waals surface area contributed by atoms with Crippen LogP contribution < -0.4 is 4.90 Å². The first kappa shape index (κ1) is 17.3. The zero-order valence-electron chi connectivity index (χ0n) is 14.2. The van der Waals surface area contributed by atoms with Crippen LogP contribution in [0.2, 0.25) is 0 Å². The summed E-state index contributed by atoms with van der Waals surface area (Å²) in [5.41, 5.74) is 0.768. The van der Waals surface area contributed by atoms with E-state index in [1.54, 1.807) is 33.9 Å². The Morgan fingerprint density at radius 3 is 2.48 bits per heavy atom. The van der Waals surface area contributed by atoms with E-state index in [2.05, 4.69) is 0 Å². The lowest BCUT2D eigenvalue weighted by Crippen LogP contribution is -2.50. The van der Waals surface area contributed by atoms with Crippen molar-refractivity contribution >= 4 is 17.7 Å². The topological polar surface area (TPSA) is 70.1 Å². The maximum absolute atomic E-state index is 12.4. The van der Waals surface area contributed by atoms with Gasteiger partial charge in [-0.15, -0.1) is 0 Å². The molecule has 0 radical (unpaired) electrons. The quantitative estimate of drug-likeness (QED) is 0.862. The number of nitrogens with zero attached hydrogens (tertiary/aromatic N) is 2. The molecule has 1 N–H and O–H groups in total. The van der Waals surface area contributed by atoms with Crippen molar-refractivity contribution in [1.82, 2.24) is 4.90 Å². The molecule has 0 saturated heterocycles. The Hall–Kier alpha value is -2.08. The van der Waals surface area contributed by atoms with Gasteiger partial charge in [-0.2, -0.15) is 0 Å². The van der Waals surface area contributed by atoms with Crippen molar-refractivity contribution in [2.45, 2.75) is 45.4 Å². The standard InChI is InChI=1S/C17H24N2O4/c1-11(20)18(5)15-12-8-6-7-9-13(12)19(10-14(15)21)16(22)23-17(2,3)4/h6-9,14-15,21H,10H2,1-5H3/t14-,15-/m1/s1. The van der Waals surface area contributed by atoms with Gasteiger partial charge in [-0.25, -0.2) is 4.79 Å². The minimum Gasteiger partial charge on any atom is -0.443 e. The molecule has 2 rings (SSSR count). The van der Waals surface area contributed by atoms with Crippen LogP contribution in [0.1, 0.15) is 39.3 Å². The number of benzene rings is 1. The fourth-order valence-corrected chi connectivity index (χ4v) is 2.73. The summed E-state index contributed by atoms with van der Waals surface area (Å²) in [6, 6.07) is 6.78. The Morgan fingerprint density at radius 1 is 1.30 bits per heavy atom. The van der Waals surface area contributed by atoms with Crippen molar-refractivity contribution in [3.8, 4) is 0 Å². The van der Waals surface area contributed by atoms with E-state index in [4.69, 9.17) is 4.74 Å². The summed E-state index contributed by atoms with van der Waals surface area (Å²) in [7, 11) is 1.65. The fraction of sp³-hybridized carbons (Fsp3) is 0.529. The van der Waals surface area contributed by atoms with Crippen LogP contribution in [0.4, 0.5) is 10.5 Å². The van der Waals surface area contributed by atoms with E-state index in [0.717, 1.165) is 5.56 Å².